The fraction of sp³-hybridized carbons (Fsp3) is 0.167. The van der Waals surface area contributed by atoms with Gasteiger partial charge in [-0.2, -0.15) is 5.26 Å². The minimum atomic E-state index is -0.606. The van der Waals surface area contributed by atoms with E-state index in [9.17, 15) is 8.78 Å². The molecular formula is C12H9F2N3. The molecule has 0 saturated carbocycles. The molecule has 0 spiro atoms. The van der Waals surface area contributed by atoms with Gasteiger partial charge in [-0.25, -0.2) is 8.78 Å². The van der Waals surface area contributed by atoms with E-state index < -0.39 is 11.6 Å². The lowest BCUT2D eigenvalue weighted by atomic mass is 10.1. The van der Waals surface area contributed by atoms with Crippen LogP contribution in [0.1, 0.15) is 12.5 Å². The molecule has 0 aliphatic carbocycles. The minimum Gasteiger partial charge on any atom is -0.384 e. The predicted molar refractivity (Wildman–Crippen MR) is 60.5 cm³/mol. The highest BCUT2D eigenvalue weighted by molar-refractivity contribution is 5.94. The molecule has 0 saturated heterocycles. The Kier molecular flexibility index (Phi) is 2.88. The number of hydrogen-bond donors (Lipinski definition) is 1. The summed E-state index contributed by atoms with van der Waals surface area (Å²) in [6.45, 7) is 2.31. The van der Waals surface area contributed by atoms with Crippen molar-refractivity contribution in [1.82, 2.24) is 4.98 Å². The largest absolute Gasteiger partial charge is 0.384 e. The number of aromatic nitrogens is 1. The second-order valence-electron chi connectivity index (χ2n) is 3.44. The first-order valence-electron chi connectivity index (χ1n) is 5.09. The zero-order valence-electron chi connectivity index (χ0n) is 9.09. The van der Waals surface area contributed by atoms with Gasteiger partial charge in [0.2, 0.25) is 0 Å². The number of pyridine rings is 1. The Labute approximate surface area is 96.7 Å². The summed E-state index contributed by atoms with van der Waals surface area (Å²) >= 11 is 0. The second-order valence-corrected chi connectivity index (χ2v) is 3.44. The van der Waals surface area contributed by atoms with Crippen LogP contribution in [-0.4, -0.2) is 11.5 Å². The molecular weight excluding hydrogens is 224 g/mol. The van der Waals surface area contributed by atoms with Gasteiger partial charge in [0.1, 0.15) is 23.2 Å². The fourth-order valence-corrected chi connectivity index (χ4v) is 1.68. The molecule has 0 radical (unpaired) electrons. The Hall–Kier alpha value is -2.22. The summed E-state index contributed by atoms with van der Waals surface area (Å²) in [4.78, 5) is 3.78. The Balaban J connectivity index is 2.89. The smallest absolute Gasteiger partial charge is 0.149 e. The number of hydrogen-bond acceptors (Lipinski definition) is 3. The van der Waals surface area contributed by atoms with E-state index in [1.165, 1.54) is 6.20 Å². The Morgan fingerprint density at radius 2 is 2.06 bits per heavy atom. The summed E-state index contributed by atoms with van der Waals surface area (Å²) in [5.41, 5.74) is 0.417. The van der Waals surface area contributed by atoms with Crippen LogP contribution < -0.4 is 5.32 Å². The Bertz CT molecular complexity index is 617. The highest BCUT2D eigenvalue weighted by Gasteiger charge is 2.14. The van der Waals surface area contributed by atoms with Crippen LogP contribution in [0.25, 0.3) is 10.9 Å². The van der Waals surface area contributed by atoms with Crippen LogP contribution in [0.4, 0.5) is 14.5 Å². The molecule has 0 aliphatic rings. The second kappa shape index (κ2) is 4.34. The molecule has 1 heterocycles. The molecule has 1 aromatic carbocycles. The SMILES string of the molecule is CCNc1c(C#N)cnc2c(F)ccc(F)c12. The van der Waals surface area contributed by atoms with Gasteiger partial charge in [-0.15, -0.1) is 0 Å². The molecule has 3 nitrogen and oxygen atoms in total. The van der Waals surface area contributed by atoms with E-state index in [0.29, 0.717) is 6.54 Å². The van der Waals surface area contributed by atoms with Crippen molar-refractivity contribution >= 4 is 16.6 Å². The highest BCUT2D eigenvalue weighted by Crippen LogP contribution is 2.29. The Morgan fingerprint density at radius 1 is 1.35 bits per heavy atom. The number of nitrogens with one attached hydrogen (secondary N) is 1. The number of halogens is 2. The predicted octanol–water partition coefficient (Wildman–Crippen LogP) is 2.82. The van der Waals surface area contributed by atoms with E-state index in [-0.39, 0.29) is 22.2 Å². The van der Waals surface area contributed by atoms with Crippen LogP contribution in [0, 0.1) is 23.0 Å². The third-order valence-corrected chi connectivity index (χ3v) is 2.39. The van der Waals surface area contributed by atoms with Crippen molar-refractivity contribution in [1.29, 1.82) is 5.26 Å². The molecule has 1 N–H and O–H groups in total. The van der Waals surface area contributed by atoms with Gasteiger partial charge in [0.25, 0.3) is 0 Å². The monoisotopic (exact) mass is 233 g/mol. The third kappa shape index (κ3) is 1.78. The molecule has 0 aliphatic heterocycles. The van der Waals surface area contributed by atoms with Crippen molar-refractivity contribution < 1.29 is 8.78 Å². The minimum absolute atomic E-state index is 0.0194. The van der Waals surface area contributed by atoms with Crippen molar-refractivity contribution in [3.05, 3.63) is 35.5 Å². The number of anilines is 1. The summed E-state index contributed by atoms with van der Waals surface area (Å²) in [5.74, 6) is -1.20. The van der Waals surface area contributed by atoms with E-state index in [0.717, 1.165) is 12.1 Å². The zero-order valence-corrected chi connectivity index (χ0v) is 9.09. The molecule has 17 heavy (non-hydrogen) atoms. The number of fused-ring (bicyclic) bond motifs is 1. The van der Waals surface area contributed by atoms with Gasteiger partial charge < -0.3 is 5.32 Å². The summed E-state index contributed by atoms with van der Waals surface area (Å²) in [6.07, 6.45) is 1.24. The molecule has 1 aromatic heterocycles. The molecule has 0 fully saturated rings. The molecule has 2 rings (SSSR count). The van der Waals surface area contributed by atoms with Gasteiger partial charge >= 0.3 is 0 Å². The van der Waals surface area contributed by atoms with E-state index in [1.54, 1.807) is 0 Å². The van der Waals surface area contributed by atoms with Crippen molar-refractivity contribution in [2.75, 3.05) is 11.9 Å². The number of rotatable bonds is 2. The standard InChI is InChI=1S/C12H9F2N3/c1-2-16-11-7(5-15)6-17-12-9(14)4-3-8(13)10(11)12/h3-4,6H,2H2,1H3,(H,16,17). The summed E-state index contributed by atoms with van der Waals surface area (Å²) in [6, 6.07) is 3.95. The molecule has 5 heteroatoms. The van der Waals surface area contributed by atoms with Crippen LogP contribution in [-0.2, 0) is 0 Å². The van der Waals surface area contributed by atoms with Gasteiger partial charge in [-0.3, -0.25) is 4.98 Å². The molecule has 0 atom stereocenters. The summed E-state index contributed by atoms with van der Waals surface area (Å²) in [5, 5.41) is 11.8. The number of nitriles is 1. The van der Waals surface area contributed by atoms with Crippen LogP contribution in [0.15, 0.2) is 18.3 Å². The summed E-state index contributed by atoms with van der Waals surface area (Å²) < 4.78 is 27.2. The van der Waals surface area contributed by atoms with Crippen LogP contribution >= 0.6 is 0 Å². The van der Waals surface area contributed by atoms with Gasteiger partial charge in [0.05, 0.1) is 16.6 Å². The van der Waals surface area contributed by atoms with Gasteiger partial charge in [-0.05, 0) is 19.1 Å². The molecule has 0 bridgehead atoms. The first-order chi connectivity index (χ1) is 8.19. The van der Waals surface area contributed by atoms with E-state index in [1.807, 2.05) is 13.0 Å². The first kappa shape index (κ1) is 11.3. The van der Waals surface area contributed by atoms with Crippen LogP contribution in [0.2, 0.25) is 0 Å². The first-order valence-corrected chi connectivity index (χ1v) is 5.09. The number of nitrogens with zero attached hydrogens (tertiary/aromatic N) is 2. The zero-order chi connectivity index (χ0) is 12.4. The lowest BCUT2D eigenvalue weighted by Gasteiger charge is -2.10. The van der Waals surface area contributed by atoms with Gasteiger partial charge in [-0.1, -0.05) is 0 Å². The topological polar surface area (TPSA) is 48.7 Å². The molecule has 86 valence electrons. The fourth-order valence-electron chi connectivity index (χ4n) is 1.68. The van der Waals surface area contributed by atoms with Crippen LogP contribution in [0.5, 0.6) is 0 Å². The van der Waals surface area contributed by atoms with Crippen molar-refractivity contribution in [2.45, 2.75) is 6.92 Å². The normalized spacial score (nSPS) is 10.2. The average molecular weight is 233 g/mol. The van der Waals surface area contributed by atoms with Crippen molar-refractivity contribution in [3.8, 4) is 6.07 Å². The lowest BCUT2D eigenvalue weighted by molar-refractivity contribution is 0.615. The maximum atomic E-state index is 13.7. The highest BCUT2D eigenvalue weighted by atomic mass is 19.1. The van der Waals surface area contributed by atoms with Gasteiger partial charge in [0, 0.05) is 12.7 Å². The van der Waals surface area contributed by atoms with Gasteiger partial charge in [0.15, 0.2) is 0 Å². The van der Waals surface area contributed by atoms with Crippen molar-refractivity contribution in [2.24, 2.45) is 0 Å². The number of benzene rings is 1. The Morgan fingerprint density at radius 3 is 2.71 bits per heavy atom. The lowest BCUT2D eigenvalue weighted by Crippen LogP contribution is -2.03. The quantitative estimate of drug-likeness (QED) is 0.867. The molecule has 2 aromatic rings. The molecule has 0 amide bonds. The van der Waals surface area contributed by atoms with Crippen molar-refractivity contribution in [3.63, 3.8) is 0 Å². The van der Waals surface area contributed by atoms with Crippen LogP contribution in [0.3, 0.4) is 0 Å². The maximum Gasteiger partial charge on any atom is 0.149 e. The molecule has 0 unspecified atom stereocenters. The van der Waals surface area contributed by atoms with E-state index >= 15 is 0 Å². The third-order valence-electron chi connectivity index (χ3n) is 2.39. The summed E-state index contributed by atoms with van der Waals surface area (Å²) in [7, 11) is 0. The maximum absolute atomic E-state index is 13.7. The van der Waals surface area contributed by atoms with E-state index in [4.69, 9.17) is 5.26 Å². The van der Waals surface area contributed by atoms with E-state index in [2.05, 4.69) is 10.3 Å². The average Bonchev–Trinajstić information content (AvgIpc) is 2.34.